The van der Waals surface area contributed by atoms with Crippen molar-refractivity contribution in [2.45, 2.75) is 19.3 Å². The van der Waals surface area contributed by atoms with Gasteiger partial charge in [-0.2, -0.15) is 0 Å². The van der Waals surface area contributed by atoms with Crippen LogP contribution in [0.5, 0.6) is 0 Å². The molecule has 1 saturated carbocycles. The van der Waals surface area contributed by atoms with E-state index < -0.39 is 0 Å². The molecule has 0 aromatic heterocycles. The van der Waals surface area contributed by atoms with E-state index in [4.69, 9.17) is 0 Å². The van der Waals surface area contributed by atoms with Crippen LogP contribution in [0.2, 0.25) is 0 Å². The number of rotatable bonds is 3. The normalized spacial score (nSPS) is 20.5. The summed E-state index contributed by atoms with van der Waals surface area (Å²) in [7, 11) is 0. The van der Waals surface area contributed by atoms with Gasteiger partial charge in [0.05, 0.1) is 0 Å². The molecule has 1 fully saturated rings. The Morgan fingerprint density at radius 1 is 0.950 bits per heavy atom. The Bertz CT molecular complexity index is 611. The van der Waals surface area contributed by atoms with Crippen LogP contribution in [0.1, 0.15) is 24.0 Å². The summed E-state index contributed by atoms with van der Waals surface area (Å²) in [5.74, 6) is 0.491. The highest BCUT2D eigenvalue weighted by Gasteiger charge is 2.28. The number of hydrogen-bond acceptors (Lipinski definition) is 1. The summed E-state index contributed by atoms with van der Waals surface area (Å²) in [5, 5.41) is 0. The predicted molar refractivity (Wildman–Crippen MR) is 82.3 cm³/mol. The summed E-state index contributed by atoms with van der Waals surface area (Å²) in [6.45, 7) is 0. The third-order valence-corrected chi connectivity index (χ3v) is 3.91. The molecule has 0 amide bonds. The van der Waals surface area contributed by atoms with Crippen LogP contribution in [0, 0.1) is 5.92 Å². The van der Waals surface area contributed by atoms with Crippen molar-refractivity contribution in [2.24, 2.45) is 5.92 Å². The molecule has 1 aliphatic rings. The van der Waals surface area contributed by atoms with E-state index in [9.17, 15) is 4.79 Å². The second-order valence-corrected chi connectivity index (χ2v) is 5.37. The molecule has 2 aromatic rings. The fourth-order valence-corrected chi connectivity index (χ4v) is 2.83. The monoisotopic (exact) mass is 262 g/mol. The van der Waals surface area contributed by atoms with Crippen LogP contribution in [-0.4, -0.2) is 5.78 Å². The second-order valence-electron chi connectivity index (χ2n) is 5.37. The third kappa shape index (κ3) is 2.88. The van der Waals surface area contributed by atoms with Crippen LogP contribution < -0.4 is 0 Å². The van der Waals surface area contributed by atoms with Gasteiger partial charge in [0.25, 0.3) is 0 Å². The summed E-state index contributed by atoms with van der Waals surface area (Å²) in [6, 6.07) is 20.4. The number of carbonyl (C=O) groups is 1. The zero-order chi connectivity index (χ0) is 13.8. The van der Waals surface area contributed by atoms with Gasteiger partial charge in [0.15, 0.2) is 5.78 Å². The van der Waals surface area contributed by atoms with E-state index in [1.54, 1.807) is 0 Å². The van der Waals surface area contributed by atoms with Crippen LogP contribution in [-0.2, 0) is 11.2 Å². The first-order valence-corrected chi connectivity index (χ1v) is 7.17. The molecule has 1 unspecified atom stereocenters. The molecule has 0 saturated heterocycles. The van der Waals surface area contributed by atoms with Gasteiger partial charge in [-0.15, -0.1) is 0 Å². The summed E-state index contributed by atoms with van der Waals surface area (Å²) < 4.78 is 0. The minimum atomic E-state index is 0.160. The number of allylic oxidation sites excluding steroid dienone is 1. The Kier molecular flexibility index (Phi) is 3.78. The van der Waals surface area contributed by atoms with Crippen LogP contribution in [0.3, 0.4) is 0 Å². The van der Waals surface area contributed by atoms with Crippen LogP contribution in [0.25, 0.3) is 6.08 Å². The smallest absolute Gasteiger partial charge is 0.162 e. The lowest BCUT2D eigenvalue weighted by Crippen LogP contribution is -2.10. The van der Waals surface area contributed by atoms with Crippen molar-refractivity contribution in [3.63, 3.8) is 0 Å². The lowest BCUT2D eigenvalue weighted by molar-refractivity contribution is -0.117. The van der Waals surface area contributed by atoms with Crippen molar-refractivity contribution < 1.29 is 4.79 Å². The van der Waals surface area contributed by atoms with Gasteiger partial charge in [0.2, 0.25) is 0 Å². The Morgan fingerprint density at radius 3 is 2.30 bits per heavy atom. The number of carbonyl (C=O) groups excluding carboxylic acids is 1. The Labute approximate surface area is 120 Å². The summed E-state index contributed by atoms with van der Waals surface area (Å²) in [6.07, 6.45) is 4.80. The third-order valence-electron chi connectivity index (χ3n) is 3.91. The first-order valence-electron chi connectivity index (χ1n) is 7.17. The van der Waals surface area contributed by atoms with Crippen LogP contribution in [0.15, 0.2) is 66.2 Å². The molecule has 0 heterocycles. The molecule has 0 bridgehead atoms. The van der Waals surface area contributed by atoms with Crippen molar-refractivity contribution >= 4 is 11.9 Å². The minimum absolute atomic E-state index is 0.160. The topological polar surface area (TPSA) is 17.1 Å². The van der Waals surface area contributed by atoms with Crippen LogP contribution >= 0.6 is 0 Å². The number of Topliss-reactive ketones (excluding diaryl/α,β-unsaturated/α-hetero) is 1. The fraction of sp³-hybridized carbons (Fsp3) is 0.211. The van der Waals surface area contributed by atoms with E-state index in [-0.39, 0.29) is 5.92 Å². The van der Waals surface area contributed by atoms with Crippen molar-refractivity contribution in [1.29, 1.82) is 0 Å². The van der Waals surface area contributed by atoms with Gasteiger partial charge in [-0.25, -0.2) is 0 Å². The number of ketones is 1. The van der Waals surface area contributed by atoms with E-state index in [1.807, 2.05) is 54.6 Å². The van der Waals surface area contributed by atoms with Gasteiger partial charge in [-0.3, -0.25) is 4.79 Å². The first-order chi connectivity index (χ1) is 9.83. The van der Waals surface area contributed by atoms with Gasteiger partial charge >= 0.3 is 0 Å². The SMILES string of the molecule is O=C1/C(=C/c2ccccc2)CCC1Cc1ccccc1. The molecule has 3 rings (SSSR count). The predicted octanol–water partition coefficient (Wildman–Crippen LogP) is 4.29. The maximum Gasteiger partial charge on any atom is 0.162 e. The minimum Gasteiger partial charge on any atom is -0.294 e. The molecule has 1 heteroatoms. The van der Waals surface area contributed by atoms with Gasteiger partial charge < -0.3 is 0 Å². The van der Waals surface area contributed by atoms with Crippen molar-refractivity contribution in [3.8, 4) is 0 Å². The van der Waals surface area contributed by atoms with Crippen molar-refractivity contribution in [1.82, 2.24) is 0 Å². The fourth-order valence-electron chi connectivity index (χ4n) is 2.83. The number of hydrogen-bond donors (Lipinski definition) is 0. The van der Waals surface area contributed by atoms with E-state index in [0.29, 0.717) is 5.78 Å². The van der Waals surface area contributed by atoms with Crippen LogP contribution in [0.4, 0.5) is 0 Å². The Hall–Kier alpha value is -2.15. The molecule has 0 N–H and O–H groups in total. The van der Waals surface area contributed by atoms with Crippen molar-refractivity contribution in [2.75, 3.05) is 0 Å². The first kappa shape index (κ1) is 12.9. The van der Waals surface area contributed by atoms with Gasteiger partial charge in [0, 0.05) is 5.92 Å². The molecule has 1 atom stereocenters. The van der Waals surface area contributed by atoms with Gasteiger partial charge in [-0.05, 0) is 42.0 Å². The summed E-state index contributed by atoms with van der Waals surface area (Å²) in [5.41, 5.74) is 3.36. The Morgan fingerprint density at radius 2 is 1.60 bits per heavy atom. The standard InChI is InChI=1S/C19H18O/c20-19-17(13-15-7-3-1-4-8-15)11-12-18(19)14-16-9-5-2-6-10-16/h1-10,13,18H,11-12,14H2/b17-13+. The molecule has 20 heavy (non-hydrogen) atoms. The molecule has 0 radical (unpaired) electrons. The van der Waals surface area contributed by atoms with E-state index >= 15 is 0 Å². The number of benzene rings is 2. The zero-order valence-corrected chi connectivity index (χ0v) is 11.5. The highest BCUT2D eigenvalue weighted by molar-refractivity contribution is 6.03. The van der Waals surface area contributed by atoms with Crippen molar-refractivity contribution in [3.05, 3.63) is 77.4 Å². The maximum atomic E-state index is 12.4. The average molecular weight is 262 g/mol. The average Bonchev–Trinajstić information content (AvgIpc) is 2.83. The van der Waals surface area contributed by atoms with Gasteiger partial charge in [-0.1, -0.05) is 60.7 Å². The maximum absolute atomic E-state index is 12.4. The largest absolute Gasteiger partial charge is 0.294 e. The summed E-state index contributed by atoms with van der Waals surface area (Å²) in [4.78, 5) is 12.4. The molecule has 1 nitrogen and oxygen atoms in total. The molecule has 2 aromatic carbocycles. The summed E-state index contributed by atoms with van der Waals surface area (Å²) >= 11 is 0. The molecule has 1 aliphatic carbocycles. The Balaban J connectivity index is 1.73. The van der Waals surface area contributed by atoms with E-state index in [1.165, 1.54) is 5.56 Å². The highest BCUT2D eigenvalue weighted by atomic mass is 16.1. The molecule has 100 valence electrons. The lowest BCUT2D eigenvalue weighted by Gasteiger charge is -2.07. The molecule has 0 aliphatic heterocycles. The van der Waals surface area contributed by atoms with E-state index in [0.717, 1.165) is 30.4 Å². The second kappa shape index (κ2) is 5.87. The lowest BCUT2D eigenvalue weighted by atomic mass is 9.96. The molecule has 0 spiro atoms. The highest BCUT2D eigenvalue weighted by Crippen LogP contribution is 2.30. The molecular formula is C19H18O. The molecular weight excluding hydrogens is 244 g/mol. The van der Waals surface area contributed by atoms with E-state index in [2.05, 4.69) is 12.1 Å². The quantitative estimate of drug-likeness (QED) is 0.754. The van der Waals surface area contributed by atoms with Gasteiger partial charge in [0.1, 0.15) is 0 Å². The zero-order valence-electron chi connectivity index (χ0n) is 11.5.